The van der Waals surface area contributed by atoms with Gasteiger partial charge in [0.15, 0.2) is 6.29 Å². The minimum absolute atomic E-state index is 0.0273. The van der Waals surface area contributed by atoms with Crippen molar-refractivity contribution in [3.8, 4) is 0 Å². The van der Waals surface area contributed by atoms with Crippen LogP contribution in [0.3, 0.4) is 0 Å². The predicted molar refractivity (Wildman–Crippen MR) is 167 cm³/mol. The van der Waals surface area contributed by atoms with E-state index in [1.807, 2.05) is 0 Å². The van der Waals surface area contributed by atoms with Crippen LogP contribution in [0.1, 0.15) is 106 Å². The zero-order valence-electron chi connectivity index (χ0n) is 28.9. The summed E-state index contributed by atoms with van der Waals surface area (Å²) in [6.07, 6.45) is -0.704. The van der Waals surface area contributed by atoms with Crippen molar-refractivity contribution in [2.24, 2.45) is 44.8 Å². The molecule has 5 aliphatic carbocycles. The smallest absolute Gasteiger partial charge is 0.186 e. The highest BCUT2D eigenvalue weighted by atomic mass is 16.7. The van der Waals surface area contributed by atoms with Gasteiger partial charge in [-0.2, -0.15) is 0 Å². The molecule has 0 unspecified atom stereocenters. The molecule has 264 valence electrons. The predicted octanol–water partition coefficient (Wildman–Crippen LogP) is 2.26. The Bertz CT molecular complexity index is 1200. The van der Waals surface area contributed by atoms with Crippen molar-refractivity contribution in [1.82, 2.24) is 0 Å². The highest BCUT2D eigenvalue weighted by molar-refractivity contribution is 5.33. The Labute approximate surface area is 273 Å². The molecule has 2 heterocycles. The van der Waals surface area contributed by atoms with Gasteiger partial charge in [0.2, 0.25) is 0 Å². The second-order valence-electron chi connectivity index (χ2n) is 18.7. The van der Waals surface area contributed by atoms with Crippen LogP contribution in [-0.4, -0.2) is 109 Å². The van der Waals surface area contributed by atoms with Crippen LogP contribution in [0.15, 0.2) is 0 Å². The fourth-order valence-electron chi connectivity index (χ4n) is 13.2. The van der Waals surface area contributed by atoms with Crippen molar-refractivity contribution in [3.05, 3.63) is 0 Å². The first kappa shape index (κ1) is 34.1. The zero-order chi connectivity index (χ0) is 33.6. The first-order valence-corrected chi connectivity index (χ1v) is 17.9. The number of hydrogen-bond acceptors (Lipinski definition) is 10. The van der Waals surface area contributed by atoms with Gasteiger partial charge in [0.05, 0.1) is 42.2 Å². The van der Waals surface area contributed by atoms with Crippen LogP contribution in [-0.2, 0) is 14.2 Å². The van der Waals surface area contributed by atoms with Crippen LogP contribution in [0, 0.1) is 44.8 Å². The average Bonchev–Trinajstić information content (AvgIpc) is 3.33. The molecule has 2 aliphatic heterocycles. The molecule has 7 rings (SSSR count). The molecule has 7 fully saturated rings. The van der Waals surface area contributed by atoms with Crippen LogP contribution >= 0.6 is 0 Å². The van der Waals surface area contributed by atoms with Gasteiger partial charge in [-0.3, -0.25) is 0 Å². The lowest BCUT2D eigenvalue weighted by Crippen LogP contribution is -2.64. The SMILES string of the molecule is CC(C)(O)[C@@H]1CC[C@](C)([C@@H]2C[C@@]3(C)CC[C@@]45C[C@@]46CC[C@H](O[C@@H]4O[C@H](CO)[C@@H](O)[C@H](O)[C@H]4O)C(C)(C)[C@@H]6[C@@H](O)C[C@H]5[C@]3(C)[C@@H]2O)O1. The van der Waals surface area contributed by atoms with Crippen LogP contribution in [0.2, 0.25) is 0 Å². The Morgan fingerprint density at radius 3 is 2.17 bits per heavy atom. The lowest BCUT2D eigenvalue weighted by atomic mass is 9.42. The highest BCUT2D eigenvalue weighted by Gasteiger charge is 2.85. The van der Waals surface area contributed by atoms with Gasteiger partial charge in [-0.05, 0) is 112 Å². The fraction of sp³-hybridized carbons (Fsp3) is 1.00. The van der Waals surface area contributed by atoms with Gasteiger partial charge in [0, 0.05) is 11.3 Å². The van der Waals surface area contributed by atoms with Crippen molar-refractivity contribution in [2.45, 2.75) is 173 Å². The van der Waals surface area contributed by atoms with Crippen LogP contribution in [0.5, 0.6) is 0 Å². The van der Waals surface area contributed by atoms with Crippen molar-refractivity contribution >= 4 is 0 Å². The molecule has 0 radical (unpaired) electrons. The van der Waals surface area contributed by atoms with E-state index in [1.54, 1.807) is 13.8 Å². The minimum atomic E-state index is -1.50. The summed E-state index contributed by atoms with van der Waals surface area (Å²) in [6, 6.07) is 0. The number of aliphatic hydroxyl groups is 7. The van der Waals surface area contributed by atoms with E-state index in [0.717, 1.165) is 44.9 Å². The lowest BCUT2D eigenvalue weighted by Gasteiger charge is -2.64. The van der Waals surface area contributed by atoms with Crippen molar-refractivity contribution < 1.29 is 50.0 Å². The molecule has 5 saturated carbocycles. The van der Waals surface area contributed by atoms with E-state index in [4.69, 9.17) is 14.2 Å². The molecule has 2 spiro atoms. The molecule has 0 bridgehead atoms. The average molecular weight is 653 g/mol. The number of rotatable bonds is 5. The maximum absolute atomic E-state index is 12.5. The third kappa shape index (κ3) is 4.24. The number of aliphatic hydroxyl groups excluding tert-OH is 6. The Hall–Kier alpha value is -0.400. The van der Waals surface area contributed by atoms with Gasteiger partial charge in [-0.25, -0.2) is 0 Å². The molecular weight excluding hydrogens is 592 g/mol. The van der Waals surface area contributed by atoms with E-state index in [1.165, 1.54) is 0 Å². The maximum atomic E-state index is 12.5. The number of fused-ring (bicyclic) bond motifs is 2. The summed E-state index contributed by atoms with van der Waals surface area (Å²) in [5.74, 6) is 0.0675. The molecule has 10 heteroatoms. The molecule has 7 aliphatic rings. The molecule has 10 nitrogen and oxygen atoms in total. The minimum Gasteiger partial charge on any atom is -0.394 e. The Morgan fingerprint density at radius 2 is 1.54 bits per heavy atom. The van der Waals surface area contributed by atoms with Crippen LogP contribution < -0.4 is 0 Å². The van der Waals surface area contributed by atoms with Crippen LogP contribution in [0.25, 0.3) is 0 Å². The number of hydrogen-bond donors (Lipinski definition) is 7. The standard InChI is InChI=1S/C36H60O10/c1-30(2)22(45-29-26(41)25(40)24(39)20(16-37)44-29)9-11-36-17-35(36)13-12-32(5)15-18(33(6)10-8-23(46-33)31(3,4)43)28(42)34(32,7)21(35)14-19(38)27(30)36/h18-29,37-43H,8-17H2,1-7H3/t18-,19+,20-,21+,22+,23+,24-,25+,26-,27+,28-,29+,32-,33-,34-,35+,36-/m1/s1. The van der Waals surface area contributed by atoms with E-state index in [0.29, 0.717) is 12.8 Å². The van der Waals surface area contributed by atoms with Crippen molar-refractivity contribution in [1.29, 1.82) is 0 Å². The molecule has 0 amide bonds. The fourth-order valence-corrected chi connectivity index (χ4v) is 13.2. The van der Waals surface area contributed by atoms with E-state index >= 15 is 0 Å². The molecule has 46 heavy (non-hydrogen) atoms. The van der Waals surface area contributed by atoms with Gasteiger partial charge in [0.1, 0.15) is 24.4 Å². The Kier molecular flexibility index (Phi) is 7.65. The van der Waals surface area contributed by atoms with Crippen LogP contribution in [0.4, 0.5) is 0 Å². The summed E-state index contributed by atoms with van der Waals surface area (Å²) in [5.41, 5.74) is -2.47. The first-order chi connectivity index (χ1) is 21.2. The Morgan fingerprint density at radius 1 is 0.848 bits per heavy atom. The summed E-state index contributed by atoms with van der Waals surface area (Å²) in [6.45, 7) is 14.2. The first-order valence-electron chi connectivity index (χ1n) is 17.9. The molecule has 0 aromatic rings. The molecular formula is C36H60O10. The quantitative estimate of drug-likeness (QED) is 0.219. The third-order valence-corrected chi connectivity index (χ3v) is 16.0. The molecule has 7 N–H and O–H groups in total. The van der Waals surface area contributed by atoms with E-state index in [2.05, 4.69) is 34.6 Å². The summed E-state index contributed by atoms with van der Waals surface area (Å²) in [7, 11) is 0. The Balaban J connectivity index is 1.15. The largest absolute Gasteiger partial charge is 0.394 e. The second kappa shape index (κ2) is 10.3. The summed E-state index contributed by atoms with van der Waals surface area (Å²) >= 11 is 0. The monoisotopic (exact) mass is 652 g/mol. The van der Waals surface area contributed by atoms with Crippen molar-refractivity contribution in [2.75, 3.05) is 6.61 Å². The van der Waals surface area contributed by atoms with Gasteiger partial charge in [-0.15, -0.1) is 0 Å². The van der Waals surface area contributed by atoms with Gasteiger partial charge in [-0.1, -0.05) is 27.7 Å². The van der Waals surface area contributed by atoms with E-state index < -0.39 is 71.6 Å². The summed E-state index contributed by atoms with van der Waals surface area (Å²) in [5, 5.41) is 76.4. The normalized spacial score (nSPS) is 59.3. The summed E-state index contributed by atoms with van der Waals surface area (Å²) in [4.78, 5) is 0. The van der Waals surface area contributed by atoms with Gasteiger partial charge >= 0.3 is 0 Å². The lowest BCUT2D eigenvalue weighted by molar-refractivity contribution is -0.329. The van der Waals surface area contributed by atoms with Crippen molar-refractivity contribution in [3.63, 3.8) is 0 Å². The second-order valence-corrected chi connectivity index (χ2v) is 18.7. The van der Waals surface area contributed by atoms with E-state index in [9.17, 15) is 35.7 Å². The maximum Gasteiger partial charge on any atom is 0.186 e. The highest BCUT2D eigenvalue weighted by Crippen LogP contribution is 2.89. The number of ether oxygens (including phenoxy) is 3. The van der Waals surface area contributed by atoms with E-state index in [-0.39, 0.29) is 46.2 Å². The molecule has 0 aromatic heterocycles. The molecule has 2 saturated heterocycles. The third-order valence-electron chi connectivity index (χ3n) is 16.0. The van der Waals surface area contributed by atoms with Gasteiger partial charge in [0.25, 0.3) is 0 Å². The molecule has 17 atom stereocenters. The topological polar surface area (TPSA) is 169 Å². The zero-order valence-corrected chi connectivity index (χ0v) is 28.9. The summed E-state index contributed by atoms with van der Waals surface area (Å²) < 4.78 is 18.8. The molecule has 0 aromatic carbocycles. The van der Waals surface area contributed by atoms with Gasteiger partial charge < -0.3 is 50.0 Å².